The van der Waals surface area contributed by atoms with E-state index in [4.69, 9.17) is 9.72 Å². The van der Waals surface area contributed by atoms with Gasteiger partial charge >= 0.3 is 0 Å². The third-order valence-corrected chi connectivity index (χ3v) is 7.77. The van der Waals surface area contributed by atoms with E-state index in [2.05, 4.69) is 10.2 Å². The van der Waals surface area contributed by atoms with Crippen LogP contribution >= 0.6 is 23.1 Å². The molecule has 0 spiro atoms. The number of morpholine rings is 1. The Balaban J connectivity index is 1.51. The van der Waals surface area contributed by atoms with Crippen molar-refractivity contribution in [1.82, 2.24) is 24.5 Å². The molecule has 4 heterocycles. The number of hydrogen-bond acceptors (Lipinski definition) is 7. The first-order valence-corrected chi connectivity index (χ1v) is 11.5. The summed E-state index contributed by atoms with van der Waals surface area (Å²) < 4.78 is 7.38. The molecule has 148 valence electrons. The summed E-state index contributed by atoms with van der Waals surface area (Å²) in [6.07, 6.45) is 4.71. The van der Waals surface area contributed by atoms with Crippen LogP contribution in [-0.2, 0) is 22.4 Å². The Kier molecular flexibility index (Phi) is 4.76. The van der Waals surface area contributed by atoms with E-state index in [1.165, 1.54) is 35.0 Å². The number of nitrogens with zero attached hydrogens (tertiary/aromatic N) is 5. The van der Waals surface area contributed by atoms with Crippen LogP contribution in [0.15, 0.2) is 5.16 Å². The van der Waals surface area contributed by atoms with Crippen LogP contribution in [0, 0.1) is 6.92 Å². The molecule has 5 rings (SSSR count). The van der Waals surface area contributed by atoms with Crippen molar-refractivity contribution in [2.24, 2.45) is 0 Å². The van der Waals surface area contributed by atoms with E-state index in [-0.39, 0.29) is 11.2 Å². The topological polar surface area (TPSA) is 72.6 Å². The average molecular weight is 418 g/mol. The van der Waals surface area contributed by atoms with Crippen molar-refractivity contribution >= 4 is 44.9 Å². The molecular weight excluding hydrogens is 394 g/mol. The van der Waals surface area contributed by atoms with Crippen LogP contribution in [0.5, 0.6) is 0 Å². The van der Waals surface area contributed by atoms with Crippen LogP contribution < -0.4 is 0 Å². The Hall–Kier alpha value is -1.71. The predicted molar refractivity (Wildman–Crippen MR) is 110 cm³/mol. The number of hydrogen-bond donors (Lipinski definition) is 0. The number of rotatable bonds is 3. The lowest BCUT2D eigenvalue weighted by Crippen LogP contribution is -2.44. The Morgan fingerprint density at radius 2 is 2.00 bits per heavy atom. The van der Waals surface area contributed by atoms with Crippen LogP contribution in [0.25, 0.3) is 15.9 Å². The van der Waals surface area contributed by atoms with Gasteiger partial charge in [-0.15, -0.1) is 21.5 Å². The summed E-state index contributed by atoms with van der Waals surface area (Å²) in [4.78, 5) is 22.0. The van der Waals surface area contributed by atoms with Gasteiger partial charge in [0, 0.05) is 18.0 Å². The normalized spacial score (nSPS) is 18.6. The summed E-state index contributed by atoms with van der Waals surface area (Å²) in [5.41, 5.74) is 2.29. The van der Waals surface area contributed by atoms with E-state index >= 15 is 0 Å². The molecule has 0 radical (unpaired) electrons. The van der Waals surface area contributed by atoms with Gasteiger partial charge in [0.05, 0.1) is 23.8 Å². The van der Waals surface area contributed by atoms with Gasteiger partial charge in [0.15, 0.2) is 10.8 Å². The number of aromatic nitrogens is 4. The van der Waals surface area contributed by atoms with Gasteiger partial charge in [-0.25, -0.2) is 4.98 Å². The SMILES string of the molecule is Cc1nc2sc3c(c2c2nnc(S[C@@H](C)C(=O)N4CCOCC4)n12)CCCC3. The largest absolute Gasteiger partial charge is 0.378 e. The van der Waals surface area contributed by atoms with Gasteiger partial charge < -0.3 is 9.64 Å². The van der Waals surface area contributed by atoms with Crippen molar-refractivity contribution in [3.05, 3.63) is 16.3 Å². The Labute approximate surface area is 171 Å². The molecule has 1 amide bonds. The molecule has 3 aromatic rings. The lowest BCUT2D eigenvalue weighted by Gasteiger charge is -2.28. The fourth-order valence-corrected chi connectivity index (χ4v) is 6.39. The van der Waals surface area contributed by atoms with Crippen molar-refractivity contribution in [2.45, 2.75) is 49.9 Å². The molecule has 1 fully saturated rings. The lowest BCUT2D eigenvalue weighted by molar-refractivity contribution is -0.134. The van der Waals surface area contributed by atoms with Crippen molar-refractivity contribution in [3.8, 4) is 0 Å². The fraction of sp³-hybridized carbons (Fsp3) is 0.579. The number of carbonyl (C=O) groups is 1. The minimum atomic E-state index is -0.225. The van der Waals surface area contributed by atoms with Gasteiger partial charge in [0.25, 0.3) is 0 Å². The number of thiophene rings is 1. The summed E-state index contributed by atoms with van der Waals surface area (Å²) in [5.74, 6) is 1.00. The second kappa shape index (κ2) is 7.27. The summed E-state index contributed by atoms with van der Waals surface area (Å²) in [5, 5.41) is 10.7. The van der Waals surface area contributed by atoms with Crippen LogP contribution in [0.1, 0.15) is 36.0 Å². The van der Waals surface area contributed by atoms with Crippen LogP contribution in [0.2, 0.25) is 0 Å². The molecule has 0 bridgehead atoms. The van der Waals surface area contributed by atoms with E-state index in [1.54, 1.807) is 11.3 Å². The van der Waals surface area contributed by atoms with Crippen molar-refractivity contribution in [1.29, 1.82) is 0 Å². The first-order chi connectivity index (χ1) is 13.6. The molecule has 28 heavy (non-hydrogen) atoms. The molecule has 0 N–H and O–H groups in total. The molecule has 0 aromatic carbocycles. The van der Waals surface area contributed by atoms with Gasteiger partial charge in [0.2, 0.25) is 5.91 Å². The molecule has 7 nitrogen and oxygen atoms in total. The minimum Gasteiger partial charge on any atom is -0.378 e. The highest BCUT2D eigenvalue weighted by molar-refractivity contribution is 8.00. The van der Waals surface area contributed by atoms with Gasteiger partial charge in [0.1, 0.15) is 10.7 Å². The molecule has 1 aliphatic carbocycles. The maximum absolute atomic E-state index is 12.8. The minimum absolute atomic E-state index is 0.129. The van der Waals surface area contributed by atoms with Crippen LogP contribution in [0.3, 0.4) is 0 Å². The van der Waals surface area contributed by atoms with Gasteiger partial charge in [-0.2, -0.15) is 0 Å². The average Bonchev–Trinajstić information content (AvgIpc) is 3.29. The van der Waals surface area contributed by atoms with E-state index in [1.807, 2.05) is 23.1 Å². The van der Waals surface area contributed by atoms with Crippen molar-refractivity contribution in [3.63, 3.8) is 0 Å². The van der Waals surface area contributed by atoms with E-state index < -0.39 is 0 Å². The number of fused-ring (bicyclic) bond motifs is 5. The Morgan fingerprint density at radius 3 is 2.82 bits per heavy atom. The summed E-state index contributed by atoms with van der Waals surface area (Å²) in [6.45, 7) is 6.48. The number of carbonyl (C=O) groups excluding carboxylic acids is 1. The molecule has 9 heteroatoms. The molecule has 0 saturated carbocycles. The molecule has 1 aliphatic heterocycles. The van der Waals surface area contributed by atoms with Gasteiger partial charge in [-0.1, -0.05) is 11.8 Å². The number of aryl methyl sites for hydroxylation is 3. The molecule has 1 saturated heterocycles. The molecular formula is C19H23N5O2S2. The van der Waals surface area contributed by atoms with E-state index in [0.717, 1.165) is 39.7 Å². The first-order valence-electron chi connectivity index (χ1n) is 9.82. The highest BCUT2D eigenvalue weighted by Crippen LogP contribution is 2.38. The summed E-state index contributed by atoms with van der Waals surface area (Å²) in [7, 11) is 0. The van der Waals surface area contributed by atoms with Gasteiger partial charge in [-0.05, 0) is 45.1 Å². The van der Waals surface area contributed by atoms with E-state index in [9.17, 15) is 4.79 Å². The Bertz CT molecular complexity index is 1050. The van der Waals surface area contributed by atoms with Crippen molar-refractivity contribution in [2.75, 3.05) is 26.3 Å². The lowest BCUT2D eigenvalue weighted by atomic mass is 9.97. The first kappa shape index (κ1) is 18.3. The Morgan fingerprint density at radius 1 is 1.21 bits per heavy atom. The van der Waals surface area contributed by atoms with Crippen LogP contribution in [-0.4, -0.2) is 61.9 Å². The maximum atomic E-state index is 12.8. The quantitative estimate of drug-likeness (QED) is 0.610. The maximum Gasteiger partial charge on any atom is 0.236 e. The number of ether oxygens (including phenoxy) is 1. The highest BCUT2D eigenvalue weighted by atomic mass is 32.2. The molecule has 2 aliphatic rings. The smallest absolute Gasteiger partial charge is 0.236 e. The van der Waals surface area contributed by atoms with E-state index in [0.29, 0.717) is 26.3 Å². The highest BCUT2D eigenvalue weighted by Gasteiger charge is 2.27. The second-order valence-corrected chi connectivity index (χ2v) is 9.78. The van der Waals surface area contributed by atoms with Crippen LogP contribution in [0.4, 0.5) is 0 Å². The zero-order valence-corrected chi connectivity index (χ0v) is 17.7. The molecule has 1 atom stereocenters. The third-order valence-electron chi connectivity index (χ3n) is 5.55. The number of amides is 1. The monoisotopic (exact) mass is 417 g/mol. The second-order valence-electron chi connectivity index (χ2n) is 7.39. The predicted octanol–water partition coefficient (Wildman–Crippen LogP) is 2.87. The fourth-order valence-electron chi connectivity index (χ4n) is 4.11. The zero-order valence-electron chi connectivity index (χ0n) is 16.1. The molecule has 3 aromatic heterocycles. The molecule has 0 unspecified atom stereocenters. The standard InChI is InChI=1S/C19H23N5O2S2/c1-11(18(25)23-7-9-26-10-8-23)27-19-22-21-16-15-13-5-3-4-6-14(13)28-17(15)20-12(2)24(16)19/h11H,3-10H2,1-2H3/t11-/m0/s1. The number of thioether (sulfide) groups is 1. The third kappa shape index (κ3) is 3.00. The zero-order chi connectivity index (χ0) is 19.3. The summed E-state index contributed by atoms with van der Waals surface area (Å²) >= 11 is 3.27. The van der Waals surface area contributed by atoms with Gasteiger partial charge in [-0.3, -0.25) is 9.20 Å². The van der Waals surface area contributed by atoms with Crippen molar-refractivity contribution < 1.29 is 9.53 Å². The summed E-state index contributed by atoms with van der Waals surface area (Å²) in [6, 6.07) is 0.